The molecule has 9 atom stereocenters. The molecule has 2 fully saturated rings. The molecule has 3 unspecified atom stereocenters. The van der Waals surface area contributed by atoms with E-state index in [0.29, 0.717) is 6.61 Å². The van der Waals surface area contributed by atoms with E-state index in [-0.39, 0.29) is 36.7 Å². The first-order chi connectivity index (χ1) is 12.2. The smallest absolute Gasteiger partial charge is 0.112 e. The lowest BCUT2D eigenvalue weighted by molar-refractivity contribution is -0.0215. The Kier molecular flexibility index (Phi) is 8.35. The van der Waals surface area contributed by atoms with Crippen molar-refractivity contribution in [1.29, 1.82) is 0 Å². The lowest BCUT2D eigenvalue weighted by atomic mass is 9.49. The molecule has 0 aliphatic carbocycles. The van der Waals surface area contributed by atoms with Crippen LogP contribution in [-0.2, 0) is 32.6 Å². The fourth-order valence-corrected chi connectivity index (χ4v) is 4.52. The summed E-state index contributed by atoms with van der Waals surface area (Å²) in [5.41, 5.74) is 0. The average Bonchev–Trinajstić information content (AvgIpc) is 3.04. The van der Waals surface area contributed by atoms with Gasteiger partial charge < -0.3 is 40.1 Å². The maximum atomic E-state index is 12.6. The summed E-state index contributed by atoms with van der Waals surface area (Å²) in [5, 5.41) is 0. The van der Waals surface area contributed by atoms with Crippen molar-refractivity contribution >= 4 is 37.8 Å². The SMILES string of the molecule is [B][B][C@@H]1O[C@H](COP([B-])(=O)O[C@H]2C(C)[C@@H](COC)O[C@H]2[B])C(OC)[C@@H]1C. The second-order valence-corrected chi connectivity index (χ2v) is 8.30. The molecule has 26 heavy (non-hydrogen) atoms. The minimum absolute atomic E-state index is 0.0307. The lowest BCUT2D eigenvalue weighted by Gasteiger charge is -2.34. The molecule has 2 heterocycles. The van der Waals surface area contributed by atoms with Crippen LogP contribution < -0.4 is 0 Å². The second-order valence-electron chi connectivity index (χ2n) is 6.75. The highest BCUT2D eigenvalue weighted by Crippen LogP contribution is 2.48. The molecule has 2 rings (SSSR count). The van der Waals surface area contributed by atoms with Gasteiger partial charge in [-0.15, -0.1) is 0 Å². The van der Waals surface area contributed by atoms with Crippen molar-refractivity contribution in [2.45, 2.75) is 50.3 Å². The normalized spacial score (nSPS) is 42.7. The summed E-state index contributed by atoms with van der Waals surface area (Å²) >= 11 is 0. The molecule has 140 valence electrons. The topological polar surface area (TPSA) is 72.5 Å². The molecular weight excluding hydrogens is 354 g/mol. The molecule has 0 amide bonds. The third-order valence-electron chi connectivity index (χ3n) is 4.98. The van der Waals surface area contributed by atoms with Crippen molar-refractivity contribution in [1.82, 2.24) is 0 Å². The van der Waals surface area contributed by atoms with Gasteiger partial charge in [-0.2, -0.15) is 0 Å². The predicted octanol–water partition coefficient (Wildman–Crippen LogP) is 0.00440. The third-order valence-corrected chi connectivity index (χ3v) is 6.02. The molecule has 0 bridgehead atoms. The van der Waals surface area contributed by atoms with Crippen LogP contribution in [-0.4, -0.2) is 94.2 Å². The van der Waals surface area contributed by atoms with Crippen LogP contribution in [0.4, 0.5) is 0 Å². The Morgan fingerprint density at radius 3 is 2.38 bits per heavy atom. The summed E-state index contributed by atoms with van der Waals surface area (Å²) in [4.78, 5) is 0. The van der Waals surface area contributed by atoms with Crippen LogP contribution >= 0.6 is 7.47 Å². The Balaban J connectivity index is 1.91. The number of ether oxygens (including phenoxy) is 4. The Bertz CT molecular complexity index is 502. The van der Waals surface area contributed by atoms with E-state index < -0.39 is 25.7 Å². The first-order valence-electron chi connectivity index (χ1n) is 8.59. The molecule has 12 heteroatoms. The standard InChI is InChI=1S/C14H24B4O7P/c1-7-9(5-20-3)23-13(15)12(7)25-26(17,19)22-6-10-11(21-4)8(2)14(18-16)24-10/h7-14H,5-6H2,1-4H3/q-1/t7?,8-,9+,10+,11?,12-,13+,14+,26?/m0/s1. The first kappa shape index (κ1) is 22.5. The average molecular weight is 379 g/mol. The summed E-state index contributed by atoms with van der Waals surface area (Å²) in [5.74, 6) is -0.126. The molecule has 0 spiro atoms. The van der Waals surface area contributed by atoms with Crippen LogP contribution in [0, 0.1) is 11.8 Å². The van der Waals surface area contributed by atoms with Crippen molar-refractivity contribution in [3.63, 3.8) is 0 Å². The molecule has 0 aromatic carbocycles. The van der Waals surface area contributed by atoms with Crippen LogP contribution in [0.3, 0.4) is 0 Å². The largest absolute Gasteiger partial charge is 0.444 e. The summed E-state index contributed by atoms with van der Waals surface area (Å²) in [7, 11) is 18.0. The summed E-state index contributed by atoms with van der Waals surface area (Å²) in [6, 6.07) is -1.05. The van der Waals surface area contributed by atoms with Gasteiger partial charge in [0.15, 0.2) is 0 Å². The molecule has 2 aliphatic heterocycles. The van der Waals surface area contributed by atoms with Gasteiger partial charge in [-0.25, -0.2) is 0 Å². The monoisotopic (exact) mass is 379 g/mol. The molecule has 0 saturated carbocycles. The van der Waals surface area contributed by atoms with Gasteiger partial charge in [-0.3, -0.25) is 0 Å². The quantitative estimate of drug-likeness (QED) is 0.413. The van der Waals surface area contributed by atoms with Gasteiger partial charge in [0.1, 0.15) is 14.0 Å². The molecule has 2 saturated heterocycles. The number of rotatable bonds is 9. The van der Waals surface area contributed by atoms with Gasteiger partial charge in [-0.1, -0.05) is 13.8 Å². The number of hydrogen-bond donors (Lipinski definition) is 0. The van der Waals surface area contributed by atoms with E-state index in [1.807, 2.05) is 13.8 Å². The van der Waals surface area contributed by atoms with Crippen molar-refractivity contribution in [2.24, 2.45) is 11.8 Å². The highest BCUT2D eigenvalue weighted by molar-refractivity contribution is 7.79. The maximum Gasteiger partial charge on any atom is 0.112 e. The van der Waals surface area contributed by atoms with Gasteiger partial charge in [0, 0.05) is 45.8 Å². The fourth-order valence-electron chi connectivity index (χ4n) is 3.45. The maximum absolute atomic E-state index is 12.6. The van der Waals surface area contributed by atoms with Crippen LogP contribution in [0.25, 0.3) is 0 Å². The van der Waals surface area contributed by atoms with Crippen LogP contribution in [0.5, 0.6) is 0 Å². The zero-order chi connectivity index (χ0) is 19.5. The zero-order valence-corrected chi connectivity index (χ0v) is 16.5. The summed E-state index contributed by atoms with van der Waals surface area (Å²) in [6.45, 7) is 4.11. The minimum Gasteiger partial charge on any atom is -0.444 e. The molecule has 0 aromatic heterocycles. The van der Waals surface area contributed by atoms with E-state index >= 15 is 0 Å². The Morgan fingerprint density at radius 1 is 1.12 bits per heavy atom. The predicted molar refractivity (Wildman–Crippen MR) is 99.8 cm³/mol. The summed E-state index contributed by atoms with van der Waals surface area (Å²) < 4.78 is 45.2. The minimum atomic E-state index is -3.88. The molecule has 8 radical (unpaired) electrons. The van der Waals surface area contributed by atoms with Gasteiger partial charge in [0.25, 0.3) is 0 Å². The first-order valence-corrected chi connectivity index (χ1v) is 10.2. The Morgan fingerprint density at radius 2 is 1.81 bits per heavy atom. The van der Waals surface area contributed by atoms with Gasteiger partial charge in [-0.05, 0) is 0 Å². The van der Waals surface area contributed by atoms with Gasteiger partial charge in [0.2, 0.25) is 0 Å². The molecule has 7 nitrogen and oxygen atoms in total. The van der Waals surface area contributed by atoms with E-state index in [2.05, 4.69) is 0 Å². The van der Waals surface area contributed by atoms with Crippen LogP contribution in [0.15, 0.2) is 0 Å². The van der Waals surface area contributed by atoms with Crippen LogP contribution in [0.2, 0.25) is 0 Å². The third kappa shape index (κ3) is 5.19. The molecular formula is C14H24B4O7P-. The second kappa shape index (κ2) is 9.64. The molecule has 0 aromatic rings. The van der Waals surface area contributed by atoms with Crippen molar-refractivity contribution in [3.05, 3.63) is 0 Å². The highest BCUT2D eigenvalue weighted by atomic mass is 31.2. The molecule has 0 N–H and O–H groups in total. The van der Waals surface area contributed by atoms with E-state index in [4.69, 9.17) is 51.1 Å². The number of methoxy groups -OCH3 is 2. The lowest BCUT2D eigenvalue weighted by Crippen LogP contribution is -2.33. The Hall–Kier alpha value is 0.250. The van der Waals surface area contributed by atoms with Crippen molar-refractivity contribution in [2.75, 3.05) is 27.4 Å². The van der Waals surface area contributed by atoms with Crippen molar-refractivity contribution in [3.8, 4) is 0 Å². The Labute approximate surface area is 160 Å². The summed E-state index contributed by atoms with van der Waals surface area (Å²) in [6.07, 6.45) is -1.66. The van der Waals surface area contributed by atoms with E-state index in [9.17, 15) is 4.57 Å². The zero-order valence-electron chi connectivity index (χ0n) is 15.6. The van der Waals surface area contributed by atoms with Crippen molar-refractivity contribution < 1.29 is 32.6 Å². The van der Waals surface area contributed by atoms with Gasteiger partial charge in [0.05, 0.1) is 46.2 Å². The molecule has 2 aliphatic rings. The number of hydrogen-bond acceptors (Lipinski definition) is 7. The van der Waals surface area contributed by atoms with E-state index in [1.54, 1.807) is 14.2 Å². The highest BCUT2D eigenvalue weighted by Gasteiger charge is 2.43. The van der Waals surface area contributed by atoms with Crippen LogP contribution in [0.1, 0.15) is 13.8 Å². The van der Waals surface area contributed by atoms with E-state index in [0.717, 1.165) is 0 Å². The van der Waals surface area contributed by atoms with Gasteiger partial charge >= 0.3 is 0 Å². The van der Waals surface area contributed by atoms with E-state index in [1.165, 1.54) is 7.17 Å². The fraction of sp³-hybridized carbons (Fsp3) is 1.00.